The molecule has 0 radical (unpaired) electrons. The number of rotatable bonds is 3. The van der Waals surface area contributed by atoms with Crippen LogP contribution < -0.4 is 16.0 Å². The summed E-state index contributed by atoms with van der Waals surface area (Å²) in [6.07, 6.45) is 0. The summed E-state index contributed by atoms with van der Waals surface area (Å²) in [6, 6.07) is 5.01. The first-order valence-electron chi connectivity index (χ1n) is 4.73. The molecule has 0 fully saturated rings. The quantitative estimate of drug-likeness (QED) is 0.769. The third-order valence-corrected chi connectivity index (χ3v) is 3.00. The lowest BCUT2D eigenvalue weighted by atomic mass is 10.3. The van der Waals surface area contributed by atoms with E-state index in [1.165, 1.54) is 7.05 Å². The van der Waals surface area contributed by atoms with Gasteiger partial charge in [0.1, 0.15) is 0 Å². The predicted octanol–water partition coefficient (Wildman–Crippen LogP) is 2.08. The van der Waals surface area contributed by atoms with Gasteiger partial charge in [-0.3, -0.25) is 10.1 Å². The lowest BCUT2D eigenvalue weighted by Crippen LogP contribution is -2.40. The average molecular weight is 365 g/mol. The molecule has 1 aromatic rings. The summed E-state index contributed by atoms with van der Waals surface area (Å²) >= 11 is 6.69. The first kappa shape index (κ1) is 14.0. The van der Waals surface area contributed by atoms with Crippen LogP contribution in [0.3, 0.4) is 0 Å². The van der Waals surface area contributed by atoms with Gasteiger partial charge < -0.3 is 10.6 Å². The van der Waals surface area contributed by atoms with Gasteiger partial charge in [-0.2, -0.15) is 0 Å². The van der Waals surface area contributed by atoms with Crippen molar-refractivity contribution in [3.63, 3.8) is 0 Å². The first-order valence-corrected chi connectivity index (χ1v) is 6.32. The summed E-state index contributed by atoms with van der Waals surface area (Å²) in [7, 11) is 1.45. The second-order valence-electron chi connectivity index (χ2n) is 3.11. The number of imide groups is 1. The molecule has 0 heterocycles. The standard InChI is InChI=1S/C10H11Br2N3O2/c1-13-10(17)15-9(16)5-14-8-3-2-6(11)4-7(8)12/h2-4,14H,5H2,1H3,(H2,13,15,16,17). The summed E-state index contributed by atoms with van der Waals surface area (Å²) in [5, 5.41) is 7.36. The summed E-state index contributed by atoms with van der Waals surface area (Å²) in [6.45, 7) is 0.0215. The second-order valence-corrected chi connectivity index (χ2v) is 4.88. The normalized spacial score (nSPS) is 9.59. The molecule has 0 aliphatic heterocycles. The maximum atomic E-state index is 11.3. The number of nitrogens with one attached hydrogen (secondary N) is 3. The van der Waals surface area contributed by atoms with Crippen LogP contribution in [0, 0.1) is 0 Å². The van der Waals surface area contributed by atoms with Gasteiger partial charge in [0.05, 0.1) is 6.54 Å². The second kappa shape index (κ2) is 6.61. The van der Waals surface area contributed by atoms with Crippen LogP contribution in [0.5, 0.6) is 0 Å². The van der Waals surface area contributed by atoms with Crippen molar-refractivity contribution in [3.8, 4) is 0 Å². The van der Waals surface area contributed by atoms with Crippen molar-refractivity contribution in [2.45, 2.75) is 0 Å². The number of anilines is 1. The molecule has 0 spiro atoms. The van der Waals surface area contributed by atoms with Crippen molar-refractivity contribution < 1.29 is 9.59 Å². The maximum absolute atomic E-state index is 11.3. The van der Waals surface area contributed by atoms with E-state index in [9.17, 15) is 9.59 Å². The van der Waals surface area contributed by atoms with Gasteiger partial charge in [0.15, 0.2) is 0 Å². The molecule has 1 rings (SSSR count). The van der Waals surface area contributed by atoms with Crippen molar-refractivity contribution in [3.05, 3.63) is 27.1 Å². The van der Waals surface area contributed by atoms with Gasteiger partial charge in [0.25, 0.3) is 0 Å². The van der Waals surface area contributed by atoms with E-state index in [1.807, 2.05) is 18.2 Å². The van der Waals surface area contributed by atoms with E-state index >= 15 is 0 Å². The highest BCUT2D eigenvalue weighted by molar-refractivity contribution is 9.11. The third-order valence-electron chi connectivity index (χ3n) is 1.85. The fraction of sp³-hybridized carbons (Fsp3) is 0.200. The SMILES string of the molecule is CNC(=O)NC(=O)CNc1ccc(Br)cc1Br. The zero-order valence-electron chi connectivity index (χ0n) is 9.01. The molecule has 0 atom stereocenters. The molecule has 0 bridgehead atoms. The summed E-state index contributed by atoms with van der Waals surface area (Å²) in [5.41, 5.74) is 0.778. The molecule has 92 valence electrons. The molecule has 3 N–H and O–H groups in total. The third kappa shape index (κ3) is 4.74. The molecule has 0 aliphatic carbocycles. The summed E-state index contributed by atoms with van der Waals surface area (Å²) in [5.74, 6) is -0.404. The fourth-order valence-electron chi connectivity index (χ4n) is 1.04. The van der Waals surface area contributed by atoms with Crippen LogP contribution >= 0.6 is 31.9 Å². The molecule has 1 aromatic carbocycles. The van der Waals surface area contributed by atoms with Gasteiger partial charge >= 0.3 is 6.03 Å². The Morgan fingerprint density at radius 1 is 1.29 bits per heavy atom. The fourth-order valence-corrected chi connectivity index (χ4v) is 2.23. The van der Waals surface area contributed by atoms with E-state index in [0.717, 1.165) is 14.6 Å². The zero-order chi connectivity index (χ0) is 12.8. The minimum absolute atomic E-state index is 0.0215. The Labute approximate surface area is 116 Å². The van der Waals surface area contributed by atoms with Crippen molar-refractivity contribution in [1.82, 2.24) is 10.6 Å². The van der Waals surface area contributed by atoms with Crippen LogP contribution in [0.15, 0.2) is 27.1 Å². The number of hydrogen-bond donors (Lipinski definition) is 3. The smallest absolute Gasteiger partial charge is 0.321 e. The van der Waals surface area contributed by atoms with Gasteiger partial charge in [0.2, 0.25) is 5.91 Å². The highest BCUT2D eigenvalue weighted by Crippen LogP contribution is 2.25. The lowest BCUT2D eigenvalue weighted by Gasteiger charge is -2.08. The van der Waals surface area contributed by atoms with Crippen LogP contribution in [0.1, 0.15) is 0 Å². The van der Waals surface area contributed by atoms with E-state index in [2.05, 4.69) is 47.8 Å². The van der Waals surface area contributed by atoms with Gasteiger partial charge in [-0.25, -0.2) is 4.79 Å². The highest BCUT2D eigenvalue weighted by atomic mass is 79.9. The highest BCUT2D eigenvalue weighted by Gasteiger charge is 2.06. The lowest BCUT2D eigenvalue weighted by molar-refractivity contribution is -0.118. The molecular weight excluding hydrogens is 354 g/mol. The topological polar surface area (TPSA) is 70.2 Å². The number of amides is 3. The van der Waals surface area contributed by atoms with Gasteiger partial charge in [-0.1, -0.05) is 15.9 Å². The van der Waals surface area contributed by atoms with Crippen LogP contribution in [0.25, 0.3) is 0 Å². The predicted molar refractivity (Wildman–Crippen MR) is 72.9 cm³/mol. The zero-order valence-corrected chi connectivity index (χ0v) is 12.2. The van der Waals surface area contributed by atoms with E-state index in [0.29, 0.717) is 0 Å². The number of hydrogen-bond acceptors (Lipinski definition) is 3. The van der Waals surface area contributed by atoms with Crippen molar-refractivity contribution in [2.75, 3.05) is 18.9 Å². The van der Waals surface area contributed by atoms with Gasteiger partial charge in [0, 0.05) is 21.7 Å². The van der Waals surface area contributed by atoms with E-state index in [4.69, 9.17) is 0 Å². The maximum Gasteiger partial charge on any atom is 0.321 e. The average Bonchev–Trinajstić information content (AvgIpc) is 2.27. The number of carbonyl (C=O) groups excluding carboxylic acids is 2. The van der Waals surface area contributed by atoms with Crippen LogP contribution in [-0.2, 0) is 4.79 Å². The van der Waals surface area contributed by atoms with Gasteiger partial charge in [-0.15, -0.1) is 0 Å². The molecule has 7 heteroatoms. The van der Waals surface area contributed by atoms with Crippen molar-refractivity contribution >= 4 is 49.5 Å². The Bertz CT molecular complexity index is 438. The molecule has 5 nitrogen and oxygen atoms in total. The molecule has 0 unspecified atom stereocenters. The summed E-state index contributed by atoms with van der Waals surface area (Å²) < 4.78 is 1.77. The molecule has 0 aromatic heterocycles. The van der Waals surface area contributed by atoms with Crippen molar-refractivity contribution in [2.24, 2.45) is 0 Å². The van der Waals surface area contributed by atoms with E-state index < -0.39 is 11.9 Å². The number of urea groups is 1. The largest absolute Gasteiger partial charge is 0.375 e. The first-order chi connectivity index (χ1) is 8.02. The number of halogens is 2. The minimum atomic E-state index is -0.522. The Morgan fingerprint density at radius 2 is 2.00 bits per heavy atom. The number of carbonyl (C=O) groups is 2. The summed E-state index contributed by atoms with van der Waals surface area (Å²) in [4.78, 5) is 22.2. The van der Waals surface area contributed by atoms with E-state index in [1.54, 1.807) is 0 Å². The van der Waals surface area contributed by atoms with Crippen LogP contribution in [0.4, 0.5) is 10.5 Å². The molecule has 17 heavy (non-hydrogen) atoms. The van der Waals surface area contributed by atoms with Crippen LogP contribution in [0.2, 0.25) is 0 Å². The minimum Gasteiger partial charge on any atom is -0.375 e. The Hall–Kier alpha value is -1.08. The molecular formula is C10H11Br2N3O2. The monoisotopic (exact) mass is 363 g/mol. The molecule has 0 aliphatic rings. The Balaban J connectivity index is 2.50. The van der Waals surface area contributed by atoms with E-state index in [-0.39, 0.29) is 6.54 Å². The van der Waals surface area contributed by atoms with Crippen molar-refractivity contribution in [1.29, 1.82) is 0 Å². The van der Waals surface area contributed by atoms with Crippen LogP contribution in [-0.4, -0.2) is 25.5 Å². The van der Waals surface area contributed by atoms with Gasteiger partial charge in [-0.05, 0) is 34.1 Å². The Kier molecular flexibility index (Phi) is 5.43. The molecule has 0 saturated carbocycles. The molecule has 0 saturated heterocycles. The number of benzene rings is 1. The Morgan fingerprint density at radius 3 is 2.59 bits per heavy atom. The molecule has 3 amide bonds.